The summed E-state index contributed by atoms with van der Waals surface area (Å²) in [6.07, 6.45) is 2.54. The number of carbonyl (C=O) groups is 1. The van der Waals surface area contributed by atoms with E-state index in [1.165, 1.54) is 18.2 Å². The molecule has 0 radical (unpaired) electrons. The molecule has 0 spiro atoms. The van der Waals surface area contributed by atoms with E-state index in [1.54, 1.807) is 12.3 Å². The van der Waals surface area contributed by atoms with Crippen LogP contribution in [-0.2, 0) is 10.0 Å². The van der Waals surface area contributed by atoms with Gasteiger partial charge in [0.05, 0.1) is 4.90 Å². The van der Waals surface area contributed by atoms with Crippen LogP contribution >= 0.6 is 0 Å². The largest absolute Gasteiger partial charge is 0.354 e. The number of amides is 2. The van der Waals surface area contributed by atoms with Crippen LogP contribution in [0, 0.1) is 0 Å². The third-order valence-corrected chi connectivity index (χ3v) is 4.83. The molecule has 1 aromatic heterocycles. The highest BCUT2D eigenvalue weighted by molar-refractivity contribution is 7.89. The number of hydrogen-bond donors (Lipinski definition) is 3. The van der Waals surface area contributed by atoms with Crippen molar-refractivity contribution in [3.8, 4) is 0 Å². The number of carbonyl (C=O) groups excluding carboxylic acids is 1. The van der Waals surface area contributed by atoms with Crippen LogP contribution in [0.25, 0.3) is 0 Å². The van der Waals surface area contributed by atoms with E-state index in [9.17, 15) is 13.2 Å². The zero-order valence-corrected chi connectivity index (χ0v) is 14.2. The molecular weight excluding hydrogens is 342 g/mol. The molecule has 2 aromatic rings. The predicted molar refractivity (Wildman–Crippen MR) is 94.8 cm³/mol. The number of pyridine rings is 1. The minimum atomic E-state index is -3.81. The van der Waals surface area contributed by atoms with Crippen molar-refractivity contribution in [1.29, 1.82) is 0 Å². The average Bonchev–Trinajstić information content (AvgIpc) is 3.03. The van der Waals surface area contributed by atoms with Crippen LogP contribution in [0.4, 0.5) is 16.3 Å². The van der Waals surface area contributed by atoms with E-state index >= 15 is 0 Å². The molecule has 4 N–H and O–H groups in total. The lowest BCUT2D eigenvalue weighted by atomic mass is 10.3. The fourth-order valence-corrected chi connectivity index (χ4v) is 3.29. The number of aromatic nitrogens is 1. The van der Waals surface area contributed by atoms with Crippen LogP contribution in [0.3, 0.4) is 0 Å². The maximum absolute atomic E-state index is 12.1. The first-order valence-electron chi connectivity index (χ1n) is 7.78. The molecule has 2 heterocycles. The fourth-order valence-electron chi connectivity index (χ4n) is 2.73. The van der Waals surface area contributed by atoms with Crippen molar-refractivity contribution in [2.24, 2.45) is 5.14 Å². The maximum atomic E-state index is 12.1. The molecule has 0 saturated carbocycles. The van der Waals surface area contributed by atoms with Gasteiger partial charge in [-0.1, -0.05) is 12.1 Å². The van der Waals surface area contributed by atoms with E-state index < -0.39 is 10.0 Å². The van der Waals surface area contributed by atoms with Gasteiger partial charge < -0.3 is 15.5 Å². The van der Waals surface area contributed by atoms with Crippen molar-refractivity contribution in [3.63, 3.8) is 0 Å². The Bertz CT molecular complexity index is 857. The van der Waals surface area contributed by atoms with Gasteiger partial charge in [0.2, 0.25) is 10.0 Å². The van der Waals surface area contributed by atoms with Gasteiger partial charge in [0.25, 0.3) is 0 Å². The SMILES string of the molecule is NS(=O)(=O)c1cccc(NC(=O)N[C@@H]2CCN(c3ccccn3)C2)c1. The molecule has 1 saturated heterocycles. The summed E-state index contributed by atoms with van der Waals surface area (Å²) in [6.45, 7) is 1.48. The van der Waals surface area contributed by atoms with Crippen LogP contribution in [0.1, 0.15) is 6.42 Å². The van der Waals surface area contributed by atoms with E-state index in [0.717, 1.165) is 18.8 Å². The number of urea groups is 1. The smallest absolute Gasteiger partial charge is 0.319 e. The van der Waals surface area contributed by atoms with Crippen molar-refractivity contribution in [3.05, 3.63) is 48.7 Å². The molecule has 0 unspecified atom stereocenters. The summed E-state index contributed by atoms with van der Waals surface area (Å²) in [6, 6.07) is 11.1. The van der Waals surface area contributed by atoms with Crippen LogP contribution < -0.4 is 20.7 Å². The molecule has 2 amide bonds. The van der Waals surface area contributed by atoms with E-state index in [1.807, 2.05) is 18.2 Å². The van der Waals surface area contributed by atoms with Crippen LogP contribution in [0.2, 0.25) is 0 Å². The summed E-state index contributed by atoms with van der Waals surface area (Å²) in [4.78, 5) is 18.5. The van der Waals surface area contributed by atoms with Crippen LogP contribution in [-0.4, -0.2) is 38.6 Å². The van der Waals surface area contributed by atoms with Gasteiger partial charge in [-0.25, -0.2) is 23.3 Å². The first-order valence-corrected chi connectivity index (χ1v) is 9.33. The van der Waals surface area contributed by atoms with Gasteiger partial charge >= 0.3 is 6.03 Å². The third kappa shape index (κ3) is 4.46. The molecule has 1 aromatic carbocycles. The van der Waals surface area contributed by atoms with E-state index in [4.69, 9.17) is 5.14 Å². The summed E-state index contributed by atoms with van der Waals surface area (Å²) in [5.74, 6) is 0.882. The Balaban J connectivity index is 1.57. The minimum absolute atomic E-state index is 0.0107. The summed E-state index contributed by atoms with van der Waals surface area (Å²) in [5.41, 5.74) is 0.364. The molecule has 1 aliphatic heterocycles. The zero-order valence-electron chi connectivity index (χ0n) is 13.4. The molecule has 0 aliphatic carbocycles. The molecule has 1 atom stereocenters. The number of nitrogens with two attached hydrogens (primary N) is 1. The number of primary sulfonamides is 1. The maximum Gasteiger partial charge on any atom is 0.319 e. The number of nitrogens with zero attached hydrogens (tertiary/aromatic N) is 2. The minimum Gasteiger partial charge on any atom is -0.354 e. The normalized spacial score (nSPS) is 17.3. The zero-order chi connectivity index (χ0) is 17.9. The first-order chi connectivity index (χ1) is 11.9. The number of sulfonamides is 1. The quantitative estimate of drug-likeness (QED) is 0.754. The van der Waals surface area contributed by atoms with E-state index in [0.29, 0.717) is 12.2 Å². The third-order valence-electron chi connectivity index (χ3n) is 3.92. The van der Waals surface area contributed by atoms with Gasteiger partial charge in [-0.05, 0) is 36.8 Å². The summed E-state index contributed by atoms with van der Waals surface area (Å²) in [7, 11) is -3.81. The Morgan fingerprint density at radius 2 is 2.08 bits per heavy atom. The van der Waals surface area contributed by atoms with Crippen LogP contribution in [0.15, 0.2) is 53.6 Å². The second-order valence-electron chi connectivity index (χ2n) is 5.79. The number of benzene rings is 1. The van der Waals surface area contributed by atoms with E-state index in [2.05, 4.69) is 20.5 Å². The van der Waals surface area contributed by atoms with Crippen molar-refractivity contribution < 1.29 is 13.2 Å². The Hall–Kier alpha value is -2.65. The number of anilines is 2. The molecule has 1 aliphatic rings. The molecular formula is C16H19N5O3S. The number of nitrogens with one attached hydrogen (secondary N) is 2. The highest BCUT2D eigenvalue weighted by Gasteiger charge is 2.24. The van der Waals surface area contributed by atoms with Gasteiger partial charge in [0, 0.05) is 31.0 Å². The lowest BCUT2D eigenvalue weighted by Crippen LogP contribution is -2.39. The Morgan fingerprint density at radius 3 is 2.80 bits per heavy atom. The molecule has 0 bridgehead atoms. The highest BCUT2D eigenvalue weighted by atomic mass is 32.2. The molecule has 8 nitrogen and oxygen atoms in total. The molecule has 25 heavy (non-hydrogen) atoms. The Kier molecular flexibility index (Phi) is 4.86. The lowest BCUT2D eigenvalue weighted by molar-refractivity contribution is 0.249. The average molecular weight is 361 g/mol. The molecule has 3 rings (SSSR count). The lowest BCUT2D eigenvalue weighted by Gasteiger charge is -2.18. The van der Waals surface area contributed by atoms with Gasteiger partial charge in [-0.2, -0.15) is 0 Å². The number of rotatable bonds is 4. The number of hydrogen-bond acceptors (Lipinski definition) is 5. The summed E-state index contributed by atoms with van der Waals surface area (Å²) < 4.78 is 22.7. The monoisotopic (exact) mass is 361 g/mol. The molecule has 9 heteroatoms. The van der Waals surface area contributed by atoms with Gasteiger partial charge in [0.1, 0.15) is 5.82 Å². The summed E-state index contributed by atoms with van der Waals surface area (Å²) in [5, 5.41) is 10.6. The van der Waals surface area contributed by atoms with E-state index in [-0.39, 0.29) is 17.0 Å². The van der Waals surface area contributed by atoms with Gasteiger partial charge in [-0.3, -0.25) is 0 Å². The standard InChI is InChI=1S/C16H19N5O3S/c17-25(23,24)14-5-3-4-12(10-14)19-16(22)20-13-7-9-21(11-13)15-6-1-2-8-18-15/h1-6,8,10,13H,7,9,11H2,(H2,17,23,24)(H2,19,20,22)/t13-/m1/s1. The Labute approximate surface area is 146 Å². The van der Waals surface area contributed by atoms with Crippen LogP contribution in [0.5, 0.6) is 0 Å². The van der Waals surface area contributed by atoms with Crippen molar-refractivity contribution >= 4 is 27.6 Å². The molecule has 132 valence electrons. The topological polar surface area (TPSA) is 117 Å². The van der Waals surface area contributed by atoms with Crippen molar-refractivity contribution in [2.75, 3.05) is 23.3 Å². The molecule has 1 fully saturated rings. The van der Waals surface area contributed by atoms with Gasteiger partial charge in [0.15, 0.2) is 0 Å². The second kappa shape index (κ2) is 7.08. The fraction of sp³-hybridized carbons (Fsp3) is 0.250. The van der Waals surface area contributed by atoms with Gasteiger partial charge in [-0.15, -0.1) is 0 Å². The van der Waals surface area contributed by atoms with Crippen molar-refractivity contribution in [1.82, 2.24) is 10.3 Å². The summed E-state index contributed by atoms with van der Waals surface area (Å²) >= 11 is 0. The predicted octanol–water partition coefficient (Wildman–Crippen LogP) is 1.13. The first kappa shape index (κ1) is 17.2. The Morgan fingerprint density at radius 1 is 1.24 bits per heavy atom. The second-order valence-corrected chi connectivity index (χ2v) is 7.35. The van der Waals surface area contributed by atoms with Crippen molar-refractivity contribution in [2.45, 2.75) is 17.4 Å². The highest BCUT2D eigenvalue weighted by Crippen LogP contribution is 2.18.